The summed E-state index contributed by atoms with van der Waals surface area (Å²) in [6.45, 7) is 0. The van der Waals surface area contributed by atoms with E-state index in [0.29, 0.717) is 27.7 Å². The lowest BCUT2D eigenvalue weighted by molar-refractivity contribution is 0.0965. The van der Waals surface area contributed by atoms with Crippen molar-refractivity contribution in [2.24, 2.45) is 0 Å². The first-order valence-electron chi connectivity index (χ1n) is 8.88. The fourth-order valence-electron chi connectivity index (χ4n) is 2.58. The van der Waals surface area contributed by atoms with Gasteiger partial charge in [0.1, 0.15) is 5.75 Å². The minimum atomic E-state index is -0.705. The lowest BCUT2D eigenvalue weighted by atomic mass is 10.2. The van der Waals surface area contributed by atoms with Crippen LogP contribution >= 0.6 is 11.6 Å². The van der Waals surface area contributed by atoms with Crippen LogP contribution in [-0.2, 0) is 0 Å². The summed E-state index contributed by atoms with van der Waals surface area (Å²) in [5.41, 5.74) is 1.61. The number of ether oxygens (including phenoxy) is 1. The van der Waals surface area contributed by atoms with E-state index < -0.39 is 11.9 Å². The van der Waals surface area contributed by atoms with E-state index in [0.717, 1.165) is 0 Å². The van der Waals surface area contributed by atoms with Gasteiger partial charge in [0, 0.05) is 27.5 Å². The molecule has 3 aromatic rings. The molecule has 30 heavy (non-hydrogen) atoms. The average Bonchev–Trinajstić information content (AvgIpc) is 2.74. The van der Waals surface area contributed by atoms with Crippen LogP contribution in [0.25, 0.3) is 0 Å². The fraction of sp³-hybridized carbons (Fsp3) is 0.0455. The quantitative estimate of drug-likeness (QED) is 0.560. The van der Waals surface area contributed by atoms with Crippen molar-refractivity contribution in [3.05, 3.63) is 88.9 Å². The number of nitrogens with one attached hydrogen (secondary N) is 3. The lowest BCUT2D eigenvalue weighted by Gasteiger charge is -2.10. The van der Waals surface area contributed by atoms with Gasteiger partial charge in [-0.15, -0.1) is 0 Å². The van der Waals surface area contributed by atoms with Crippen LogP contribution in [0, 0.1) is 0 Å². The number of anilines is 2. The SMILES string of the molecule is COc1cccc(C(=O)NC(=O)Nc2cccc(NC(=O)c3ccc(Cl)cc3)c2)c1. The molecule has 8 heteroatoms. The lowest BCUT2D eigenvalue weighted by Crippen LogP contribution is -2.34. The van der Waals surface area contributed by atoms with Gasteiger partial charge in [0.15, 0.2) is 0 Å². The molecule has 0 unspecified atom stereocenters. The number of urea groups is 1. The number of carbonyl (C=O) groups excluding carboxylic acids is 3. The van der Waals surface area contributed by atoms with Gasteiger partial charge < -0.3 is 15.4 Å². The van der Waals surface area contributed by atoms with E-state index >= 15 is 0 Å². The first kappa shape index (κ1) is 20.9. The smallest absolute Gasteiger partial charge is 0.326 e. The van der Waals surface area contributed by atoms with Crippen molar-refractivity contribution in [2.75, 3.05) is 17.7 Å². The molecule has 0 aliphatic heterocycles. The van der Waals surface area contributed by atoms with E-state index in [2.05, 4.69) is 16.0 Å². The van der Waals surface area contributed by atoms with Crippen molar-refractivity contribution >= 4 is 40.8 Å². The van der Waals surface area contributed by atoms with Crippen LogP contribution in [-0.4, -0.2) is 25.0 Å². The molecular formula is C22H18ClN3O4. The summed E-state index contributed by atoms with van der Waals surface area (Å²) in [5.74, 6) is -0.382. The van der Waals surface area contributed by atoms with E-state index in [1.165, 1.54) is 13.2 Å². The molecule has 0 aromatic heterocycles. The number of hydrogen-bond donors (Lipinski definition) is 3. The fourth-order valence-corrected chi connectivity index (χ4v) is 2.71. The Morgan fingerprint density at radius 1 is 0.767 bits per heavy atom. The molecule has 0 atom stereocenters. The molecule has 3 rings (SSSR count). The molecule has 4 amide bonds. The van der Waals surface area contributed by atoms with Crippen LogP contribution in [0.4, 0.5) is 16.2 Å². The predicted molar refractivity (Wildman–Crippen MR) is 115 cm³/mol. The van der Waals surface area contributed by atoms with Gasteiger partial charge in [0.05, 0.1) is 7.11 Å². The van der Waals surface area contributed by atoms with Gasteiger partial charge in [0.2, 0.25) is 0 Å². The molecule has 3 N–H and O–H groups in total. The molecule has 0 aliphatic rings. The van der Waals surface area contributed by atoms with Gasteiger partial charge in [-0.05, 0) is 60.7 Å². The number of methoxy groups -OCH3 is 1. The molecule has 3 aromatic carbocycles. The minimum absolute atomic E-state index is 0.286. The Bertz CT molecular complexity index is 1080. The second-order valence-electron chi connectivity index (χ2n) is 6.18. The van der Waals surface area contributed by atoms with Crippen molar-refractivity contribution in [2.45, 2.75) is 0 Å². The zero-order valence-electron chi connectivity index (χ0n) is 15.9. The van der Waals surface area contributed by atoms with Crippen molar-refractivity contribution < 1.29 is 19.1 Å². The highest BCUT2D eigenvalue weighted by molar-refractivity contribution is 6.30. The first-order chi connectivity index (χ1) is 14.4. The molecular weight excluding hydrogens is 406 g/mol. The number of amides is 4. The number of hydrogen-bond acceptors (Lipinski definition) is 4. The third-order valence-electron chi connectivity index (χ3n) is 4.04. The number of rotatable bonds is 5. The Morgan fingerprint density at radius 2 is 1.43 bits per heavy atom. The van der Waals surface area contributed by atoms with Crippen LogP contribution in [0.5, 0.6) is 5.75 Å². The zero-order valence-corrected chi connectivity index (χ0v) is 16.7. The third kappa shape index (κ3) is 5.59. The minimum Gasteiger partial charge on any atom is -0.497 e. The predicted octanol–water partition coefficient (Wildman–Crippen LogP) is 4.56. The number of imide groups is 1. The highest BCUT2D eigenvalue weighted by Crippen LogP contribution is 2.17. The van der Waals surface area contributed by atoms with E-state index in [4.69, 9.17) is 16.3 Å². The molecule has 0 radical (unpaired) electrons. The average molecular weight is 424 g/mol. The van der Waals surface area contributed by atoms with Crippen LogP contribution in [0.15, 0.2) is 72.8 Å². The summed E-state index contributed by atoms with van der Waals surface area (Å²) in [6.07, 6.45) is 0. The Morgan fingerprint density at radius 3 is 2.13 bits per heavy atom. The molecule has 0 bridgehead atoms. The molecule has 0 spiro atoms. The standard InChI is InChI=1S/C22H18ClN3O4/c1-30-19-7-2-4-15(12-19)21(28)26-22(29)25-18-6-3-5-17(13-18)24-20(27)14-8-10-16(23)11-9-14/h2-13H,1H3,(H,24,27)(H2,25,26,28,29). The summed E-state index contributed by atoms with van der Waals surface area (Å²) in [4.78, 5) is 36.7. The molecule has 0 aliphatic carbocycles. The normalized spacial score (nSPS) is 10.1. The van der Waals surface area contributed by atoms with Crippen molar-refractivity contribution in [1.29, 1.82) is 0 Å². The van der Waals surface area contributed by atoms with Crippen LogP contribution in [0.1, 0.15) is 20.7 Å². The van der Waals surface area contributed by atoms with Crippen molar-refractivity contribution in [1.82, 2.24) is 5.32 Å². The molecule has 0 saturated heterocycles. The second kappa shape index (κ2) is 9.58. The summed E-state index contributed by atoms with van der Waals surface area (Å²) < 4.78 is 5.07. The van der Waals surface area contributed by atoms with Crippen LogP contribution < -0.4 is 20.7 Å². The first-order valence-corrected chi connectivity index (χ1v) is 9.26. The molecule has 0 saturated carbocycles. The maximum absolute atomic E-state index is 12.3. The topological polar surface area (TPSA) is 96.5 Å². The van der Waals surface area contributed by atoms with Gasteiger partial charge in [-0.25, -0.2) is 4.79 Å². The van der Waals surface area contributed by atoms with Crippen LogP contribution in [0.2, 0.25) is 5.02 Å². The number of halogens is 1. The maximum atomic E-state index is 12.3. The summed E-state index contributed by atoms with van der Waals surface area (Å²) >= 11 is 5.83. The molecule has 152 valence electrons. The van der Waals surface area contributed by atoms with Crippen molar-refractivity contribution in [3.8, 4) is 5.75 Å². The second-order valence-corrected chi connectivity index (χ2v) is 6.62. The Labute approximate surface area is 178 Å². The van der Waals surface area contributed by atoms with Gasteiger partial charge >= 0.3 is 6.03 Å². The van der Waals surface area contributed by atoms with Gasteiger partial charge in [0.25, 0.3) is 11.8 Å². The van der Waals surface area contributed by atoms with E-state index in [-0.39, 0.29) is 11.5 Å². The molecule has 0 fully saturated rings. The Kier molecular flexibility index (Phi) is 6.67. The van der Waals surface area contributed by atoms with E-state index in [1.54, 1.807) is 66.7 Å². The van der Waals surface area contributed by atoms with Crippen LogP contribution in [0.3, 0.4) is 0 Å². The number of carbonyl (C=O) groups is 3. The third-order valence-corrected chi connectivity index (χ3v) is 4.30. The largest absolute Gasteiger partial charge is 0.497 e. The van der Waals surface area contributed by atoms with E-state index in [9.17, 15) is 14.4 Å². The summed E-state index contributed by atoms with van der Waals surface area (Å²) in [7, 11) is 1.49. The highest BCUT2D eigenvalue weighted by atomic mass is 35.5. The zero-order chi connectivity index (χ0) is 21.5. The van der Waals surface area contributed by atoms with Gasteiger partial charge in [-0.2, -0.15) is 0 Å². The van der Waals surface area contributed by atoms with Gasteiger partial charge in [-0.1, -0.05) is 23.7 Å². The maximum Gasteiger partial charge on any atom is 0.326 e. The van der Waals surface area contributed by atoms with Gasteiger partial charge in [-0.3, -0.25) is 14.9 Å². The monoisotopic (exact) mass is 423 g/mol. The van der Waals surface area contributed by atoms with E-state index in [1.807, 2.05) is 0 Å². The molecule has 0 heterocycles. The Hall–Kier alpha value is -3.84. The summed E-state index contributed by atoms with van der Waals surface area (Å²) in [5, 5.41) is 8.07. The number of benzene rings is 3. The highest BCUT2D eigenvalue weighted by Gasteiger charge is 2.12. The summed E-state index contributed by atoms with van der Waals surface area (Å²) in [6, 6.07) is 18.7. The molecule has 7 nitrogen and oxygen atoms in total. The van der Waals surface area contributed by atoms with Crippen molar-refractivity contribution in [3.63, 3.8) is 0 Å². The Balaban J connectivity index is 1.61.